The van der Waals surface area contributed by atoms with Gasteiger partial charge in [0.1, 0.15) is 6.10 Å². The molecule has 0 saturated heterocycles. The summed E-state index contributed by atoms with van der Waals surface area (Å²) in [5.74, 6) is 0. The van der Waals surface area contributed by atoms with E-state index in [1.807, 2.05) is 23.6 Å². The van der Waals surface area contributed by atoms with E-state index >= 15 is 0 Å². The number of aryl methyl sites for hydroxylation is 2. The molecule has 86 valence electrons. The van der Waals surface area contributed by atoms with Crippen LogP contribution in [0.5, 0.6) is 0 Å². The molecule has 0 aromatic carbocycles. The highest BCUT2D eigenvalue weighted by atomic mass is 32.1. The Balaban J connectivity index is 2.26. The third kappa shape index (κ3) is 2.18. The first-order valence-electron chi connectivity index (χ1n) is 5.46. The summed E-state index contributed by atoms with van der Waals surface area (Å²) in [4.78, 5) is 6.30. The molecule has 1 unspecified atom stereocenters. The van der Waals surface area contributed by atoms with Crippen molar-refractivity contribution in [2.75, 3.05) is 0 Å². The lowest BCUT2D eigenvalue weighted by atomic mass is 10.2. The highest BCUT2D eigenvalue weighted by Crippen LogP contribution is 2.27. The molecule has 0 aliphatic carbocycles. The van der Waals surface area contributed by atoms with Crippen molar-refractivity contribution in [3.63, 3.8) is 0 Å². The quantitative estimate of drug-likeness (QED) is 0.886. The zero-order valence-electron chi connectivity index (χ0n) is 9.55. The van der Waals surface area contributed by atoms with Crippen LogP contribution in [0, 0.1) is 6.92 Å². The van der Waals surface area contributed by atoms with Crippen LogP contribution in [0.25, 0.3) is 0 Å². The van der Waals surface area contributed by atoms with E-state index in [1.165, 1.54) is 4.88 Å². The lowest BCUT2D eigenvalue weighted by Crippen LogP contribution is -2.06. The fourth-order valence-corrected chi connectivity index (χ4v) is 2.61. The normalized spacial score (nSPS) is 12.9. The number of imidazole rings is 1. The van der Waals surface area contributed by atoms with Crippen LogP contribution >= 0.6 is 11.3 Å². The van der Waals surface area contributed by atoms with Crippen LogP contribution in [-0.4, -0.2) is 14.7 Å². The van der Waals surface area contributed by atoms with Crippen LogP contribution < -0.4 is 0 Å². The molecule has 0 aliphatic rings. The summed E-state index contributed by atoms with van der Waals surface area (Å²) in [6.45, 7) is 5.06. The van der Waals surface area contributed by atoms with E-state index in [4.69, 9.17) is 0 Å². The Labute approximate surface area is 99.4 Å². The molecule has 0 radical (unpaired) electrons. The molecule has 2 aromatic heterocycles. The number of hydrogen-bond acceptors (Lipinski definition) is 3. The van der Waals surface area contributed by atoms with Crippen LogP contribution in [-0.2, 0) is 6.54 Å². The van der Waals surface area contributed by atoms with Gasteiger partial charge in [0, 0.05) is 16.3 Å². The second-order valence-corrected chi connectivity index (χ2v) is 5.18. The molecule has 16 heavy (non-hydrogen) atoms. The maximum absolute atomic E-state index is 10.3. The van der Waals surface area contributed by atoms with E-state index in [0.29, 0.717) is 0 Å². The average molecular weight is 236 g/mol. The molecule has 0 spiro atoms. The van der Waals surface area contributed by atoms with E-state index in [-0.39, 0.29) is 0 Å². The van der Waals surface area contributed by atoms with E-state index in [0.717, 1.165) is 23.5 Å². The number of nitrogens with zero attached hydrogens (tertiary/aromatic N) is 2. The van der Waals surface area contributed by atoms with Gasteiger partial charge in [-0.05, 0) is 25.5 Å². The van der Waals surface area contributed by atoms with Crippen molar-refractivity contribution in [2.45, 2.75) is 32.9 Å². The third-order valence-corrected chi connectivity index (χ3v) is 3.57. The number of rotatable bonds is 4. The maximum Gasteiger partial charge on any atom is 0.130 e. The fourth-order valence-electron chi connectivity index (χ4n) is 1.73. The Kier molecular flexibility index (Phi) is 3.41. The molecule has 0 amide bonds. The second kappa shape index (κ2) is 4.80. The molecule has 1 N–H and O–H groups in total. The summed E-state index contributed by atoms with van der Waals surface area (Å²) < 4.78 is 2.01. The first-order chi connectivity index (χ1) is 7.72. The lowest BCUT2D eigenvalue weighted by molar-refractivity contribution is 0.213. The van der Waals surface area contributed by atoms with Crippen molar-refractivity contribution >= 4 is 11.3 Å². The molecule has 2 rings (SSSR count). The van der Waals surface area contributed by atoms with E-state index in [1.54, 1.807) is 23.9 Å². The summed E-state index contributed by atoms with van der Waals surface area (Å²) in [6.07, 6.45) is 4.02. The molecule has 0 saturated carbocycles. The Morgan fingerprint density at radius 2 is 2.31 bits per heavy atom. The molecule has 3 nitrogen and oxygen atoms in total. The van der Waals surface area contributed by atoms with E-state index in [9.17, 15) is 5.11 Å². The summed E-state index contributed by atoms with van der Waals surface area (Å²) >= 11 is 1.63. The van der Waals surface area contributed by atoms with E-state index < -0.39 is 6.10 Å². The number of hydrogen-bond donors (Lipinski definition) is 1. The maximum atomic E-state index is 10.3. The van der Waals surface area contributed by atoms with Crippen molar-refractivity contribution in [2.24, 2.45) is 0 Å². The van der Waals surface area contributed by atoms with Crippen LogP contribution in [0.2, 0.25) is 0 Å². The molecule has 1 atom stereocenters. The Bertz CT molecular complexity index is 461. The third-order valence-electron chi connectivity index (χ3n) is 2.52. The van der Waals surface area contributed by atoms with Crippen molar-refractivity contribution in [3.8, 4) is 0 Å². The number of thiophene rings is 1. The largest absolute Gasteiger partial charge is 0.381 e. The van der Waals surface area contributed by atoms with Crippen molar-refractivity contribution in [1.29, 1.82) is 0 Å². The molecule has 0 aliphatic heterocycles. The van der Waals surface area contributed by atoms with Gasteiger partial charge in [-0.2, -0.15) is 0 Å². The number of aromatic nitrogens is 2. The molecule has 0 bridgehead atoms. The standard InChI is InChI=1S/C12H16N2OS/c1-3-6-14-8-13-7-10(14)12(15)11-5-4-9(2)16-11/h4-5,7-8,12,15H,3,6H2,1-2H3. The first-order valence-corrected chi connectivity index (χ1v) is 6.28. The average Bonchev–Trinajstić information content (AvgIpc) is 2.87. The molecule has 0 fully saturated rings. The molecule has 2 aromatic rings. The lowest BCUT2D eigenvalue weighted by Gasteiger charge is -2.11. The van der Waals surface area contributed by atoms with Crippen LogP contribution in [0.15, 0.2) is 24.7 Å². The van der Waals surface area contributed by atoms with Crippen LogP contribution in [0.3, 0.4) is 0 Å². The zero-order valence-corrected chi connectivity index (χ0v) is 10.4. The predicted octanol–water partition coefficient (Wildman–Crippen LogP) is 2.74. The van der Waals surface area contributed by atoms with Gasteiger partial charge in [0.05, 0.1) is 18.2 Å². The minimum Gasteiger partial charge on any atom is -0.381 e. The van der Waals surface area contributed by atoms with E-state index in [2.05, 4.69) is 11.9 Å². The van der Waals surface area contributed by atoms with Crippen molar-refractivity contribution in [1.82, 2.24) is 9.55 Å². The second-order valence-electron chi connectivity index (χ2n) is 3.86. The highest BCUT2D eigenvalue weighted by Gasteiger charge is 2.16. The molecule has 2 heterocycles. The monoisotopic (exact) mass is 236 g/mol. The fraction of sp³-hybridized carbons (Fsp3) is 0.417. The van der Waals surface area contributed by atoms with Gasteiger partial charge in [-0.15, -0.1) is 11.3 Å². The van der Waals surface area contributed by atoms with Crippen LogP contribution in [0.4, 0.5) is 0 Å². The topological polar surface area (TPSA) is 38.0 Å². The van der Waals surface area contributed by atoms with Gasteiger partial charge in [-0.25, -0.2) is 4.98 Å². The highest BCUT2D eigenvalue weighted by molar-refractivity contribution is 7.12. The van der Waals surface area contributed by atoms with Gasteiger partial charge < -0.3 is 9.67 Å². The minimum atomic E-state index is -0.548. The van der Waals surface area contributed by atoms with Crippen molar-refractivity contribution in [3.05, 3.63) is 40.1 Å². The Hall–Kier alpha value is -1.13. The van der Waals surface area contributed by atoms with Gasteiger partial charge in [0.25, 0.3) is 0 Å². The van der Waals surface area contributed by atoms with Gasteiger partial charge in [-0.3, -0.25) is 0 Å². The van der Waals surface area contributed by atoms with Gasteiger partial charge >= 0.3 is 0 Å². The summed E-state index contributed by atoms with van der Waals surface area (Å²) in [6, 6.07) is 4.01. The Morgan fingerprint density at radius 1 is 1.50 bits per heavy atom. The molecular formula is C12H16N2OS. The summed E-state index contributed by atoms with van der Waals surface area (Å²) in [5.41, 5.74) is 0.878. The number of aliphatic hydroxyl groups is 1. The predicted molar refractivity (Wildman–Crippen MR) is 65.6 cm³/mol. The number of aliphatic hydroxyl groups excluding tert-OH is 1. The van der Waals surface area contributed by atoms with Crippen molar-refractivity contribution < 1.29 is 5.11 Å². The minimum absolute atomic E-state index is 0.548. The molecular weight excluding hydrogens is 220 g/mol. The smallest absolute Gasteiger partial charge is 0.130 e. The molecule has 4 heteroatoms. The first kappa shape index (κ1) is 11.4. The van der Waals surface area contributed by atoms with Gasteiger partial charge in [-0.1, -0.05) is 6.92 Å². The zero-order chi connectivity index (χ0) is 11.5. The van der Waals surface area contributed by atoms with Gasteiger partial charge in [0.15, 0.2) is 0 Å². The Morgan fingerprint density at radius 3 is 2.94 bits per heavy atom. The van der Waals surface area contributed by atoms with Crippen LogP contribution in [0.1, 0.15) is 34.9 Å². The SMILES string of the molecule is CCCn1cncc1C(O)c1ccc(C)s1. The summed E-state index contributed by atoms with van der Waals surface area (Å²) in [5, 5.41) is 10.3. The summed E-state index contributed by atoms with van der Waals surface area (Å²) in [7, 11) is 0. The van der Waals surface area contributed by atoms with Gasteiger partial charge in [0.2, 0.25) is 0 Å².